The van der Waals surface area contributed by atoms with Crippen molar-refractivity contribution in [1.82, 2.24) is 0 Å². The molecule has 0 aliphatic heterocycles. The summed E-state index contributed by atoms with van der Waals surface area (Å²) in [6.45, 7) is 19.6. The maximum Gasteiger partial charge on any atom is 0.188 e. The Kier molecular flexibility index (Phi) is 13.0. The van der Waals surface area contributed by atoms with Crippen molar-refractivity contribution in [2.75, 3.05) is 0 Å². The van der Waals surface area contributed by atoms with Crippen molar-refractivity contribution >= 4 is 8.32 Å². The summed E-state index contributed by atoms with van der Waals surface area (Å²) in [6.07, 6.45) is 18.7. The van der Waals surface area contributed by atoms with Crippen LogP contribution in [0.5, 0.6) is 0 Å². The van der Waals surface area contributed by atoms with Gasteiger partial charge in [0.25, 0.3) is 0 Å². The molecule has 0 aromatic heterocycles. The highest BCUT2D eigenvalue weighted by atomic mass is 28.4. The first-order valence-electron chi connectivity index (χ1n) is 11.2. The van der Waals surface area contributed by atoms with Crippen molar-refractivity contribution in [2.24, 2.45) is 0 Å². The third-order valence-electron chi connectivity index (χ3n) is 6.07. The highest BCUT2D eigenvalue weighted by Gasteiger charge is 2.36. The third kappa shape index (κ3) is 13.3. The topological polar surface area (TPSA) is 20.2 Å². The number of rotatable bonds is 13. The molecule has 0 saturated carbocycles. The molecule has 0 atom stereocenters. The fourth-order valence-electron chi connectivity index (χ4n) is 2.97. The van der Waals surface area contributed by atoms with E-state index in [9.17, 15) is 4.80 Å². The van der Waals surface area contributed by atoms with Gasteiger partial charge in [0.15, 0.2) is 8.32 Å². The molecular formula is C26H48OSi. The molecule has 0 heterocycles. The molecular weight excluding hydrogens is 356 g/mol. The molecule has 0 aliphatic rings. The lowest BCUT2D eigenvalue weighted by atomic mass is 10.0. The van der Waals surface area contributed by atoms with Crippen LogP contribution in [0, 0.1) is 0 Å². The van der Waals surface area contributed by atoms with Crippen LogP contribution in [0.2, 0.25) is 18.1 Å². The summed E-state index contributed by atoms with van der Waals surface area (Å²) in [4.78, 5) is 10.4. The van der Waals surface area contributed by atoms with Gasteiger partial charge < -0.3 is 4.80 Å². The molecule has 0 rings (SSSR count). The summed E-state index contributed by atoms with van der Waals surface area (Å²) in [5.41, 5.74) is 5.92. The van der Waals surface area contributed by atoms with E-state index in [2.05, 4.69) is 85.9 Å². The SMILES string of the molecule is CC(C)=CCC/C(C)=C/CC/C(C)=C/CC/C(C)=C\CCC(C)(C)[Si](C)(C)O. The van der Waals surface area contributed by atoms with E-state index in [0.717, 1.165) is 32.1 Å². The van der Waals surface area contributed by atoms with Crippen LogP contribution in [0.3, 0.4) is 0 Å². The molecule has 1 nitrogen and oxygen atoms in total. The lowest BCUT2D eigenvalue weighted by Gasteiger charge is -2.34. The summed E-state index contributed by atoms with van der Waals surface area (Å²) in [5, 5.41) is 0.0809. The number of hydrogen-bond acceptors (Lipinski definition) is 1. The predicted molar refractivity (Wildman–Crippen MR) is 131 cm³/mol. The minimum atomic E-state index is -2.08. The fraction of sp³-hybridized carbons (Fsp3) is 0.692. The largest absolute Gasteiger partial charge is 0.432 e. The normalized spacial score (nSPS) is 14.4. The summed E-state index contributed by atoms with van der Waals surface area (Å²) >= 11 is 0. The molecule has 0 radical (unpaired) electrons. The first-order chi connectivity index (χ1) is 12.8. The fourth-order valence-corrected chi connectivity index (χ4v) is 3.73. The Labute approximate surface area is 177 Å². The molecule has 1 N–H and O–H groups in total. The molecule has 0 aliphatic carbocycles. The van der Waals surface area contributed by atoms with Crippen molar-refractivity contribution in [2.45, 2.75) is 118 Å². The van der Waals surface area contributed by atoms with Crippen LogP contribution < -0.4 is 0 Å². The van der Waals surface area contributed by atoms with E-state index in [1.54, 1.807) is 0 Å². The smallest absolute Gasteiger partial charge is 0.188 e. The molecule has 2 heteroatoms. The van der Waals surface area contributed by atoms with Crippen LogP contribution in [0.4, 0.5) is 0 Å². The van der Waals surface area contributed by atoms with Gasteiger partial charge in [-0.1, -0.05) is 60.4 Å². The van der Waals surface area contributed by atoms with E-state index >= 15 is 0 Å². The van der Waals surface area contributed by atoms with Gasteiger partial charge >= 0.3 is 0 Å². The Morgan fingerprint density at radius 2 is 1.04 bits per heavy atom. The van der Waals surface area contributed by atoms with E-state index in [1.807, 2.05) is 0 Å². The Hall–Kier alpha value is -0.863. The Morgan fingerprint density at radius 3 is 1.39 bits per heavy atom. The van der Waals surface area contributed by atoms with Crippen LogP contribution in [0.1, 0.15) is 99.8 Å². The van der Waals surface area contributed by atoms with Crippen LogP contribution in [0.15, 0.2) is 46.6 Å². The van der Waals surface area contributed by atoms with Crippen LogP contribution in [-0.2, 0) is 0 Å². The van der Waals surface area contributed by atoms with Gasteiger partial charge in [-0.2, -0.15) is 0 Å². The zero-order valence-electron chi connectivity index (χ0n) is 20.4. The van der Waals surface area contributed by atoms with Gasteiger partial charge in [0.2, 0.25) is 0 Å². The average Bonchev–Trinajstić information content (AvgIpc) is 2.53. The summed E-state index contributed by atoms with van der Waals surface area (Å²) in [6, 6.07) is 0. The number of hydrogen-bond donors (Lipinski definition) is 1. The number of allylic oxidation sites excluding steroid dienone is 8. The minimum absolute atomic E-state index is 0.0809. The average molecular weight is 405 g/mol. The van der Waals surface area contributed by atoms with E-state index in [0.29, 0.717) is 0 Å². The van der Waals surface area contributed by atoms with Crippen LogP contribution in [0.25, 0.3) is 0 Å². The second-order valence-electron chi connectivity index (χ2n) is 10.0. The second kappa shape index (κ2) is 13.4. The van der Waals surface area contributed by atoms with Crippen molar-refractivity contribution < 1.29 is 4.80 Å². The van der Waals surface area contributed by atoms with Gasteiger partial charge in [0.1, 0.15) is 0 Å². The van der Waals surface area contributed by atoms with Crippen molar-refractivity contribution in [1.29, 1.82) is 0 Å². The second-order valence-corrected chi connectivity index (χ2v) is 14.5. The quantitative estimate of drug-likeness (QED) is 0.240. The summed E-state index contributed by atoms with van der Waals surface area (Å²) in [5.74, 6) is 0. The maximum absolute atomic E-state index is 10.4. The third-order valence-corrected chi connectivity index (χ3v) is 9.63. The summed E-state index contributed by atoms with van der Waals surface area (Å²) in [7, 11) is -2.08. The Morgan fingerprint density at radius 1 is 0.679 bits per heavy atom. The molecule has 0 fully saturated rings. The molecule has 0 unspecified atom stereocenters. The van der Waals surface area contributed by atoms with Crippen LogP contribution in [-0.4, -0.2) is 13.1 Å². The van der Waals surface area contributed by atoms with E-state index in [-0.39, 0.29) is 5.04 Å². The lowest BCUT2D eigenvalue weighted by molar-refractivity contribution is 0.453. The monoisotopic (exact) mass is 404 g/mol. The summed E-state index contributed by atoms with van der Waals surface area (Å²) < 4.78 is 0. The van der Waals surface area contributed by atoms with Crippen molar-refractivity contribution in [3.05, 3.63) is 46.6 Å². The Bertz CT molecular complexity index is 564. The predicted octanol–water partition coefficient (Wildman–Crippen LogP) is 8.89. The first-order valence-corrected chi connectivity index (χ1v) is 14.1. The lowest BCUT2D eigenvalue weighted by Crippen LogP contribution is -2.38. The molecule has 162 valence electrons. The van der Waals surface area contributed by atoms with Crippen LogP contribution >= 0.6 is 0 Å². The van der Waals surface area contributed by atoms with Gasteiger partial charge in [-0.05, 0) is 104 Å². The highest BCUT2D eigenvalue weighted by molar-refractivity contribution is 6.72. The van der Waals surface area contributed by atoms with Crippen molar-refractivity contribution in [3.63, 3.8) is 0 Å². The van der Waals surface area contributed by atoms with E-state index in [1.165, 1.54) is 41.6 Å². The van der Waals surface area contributed by atoms with E-state index in [4.69, 9.17) is 0 Å². The van der Waals surface area contributed by atoms with Gasteiger partial charge in [-0.3, -0.25) is 0 Å². The zero-order chi connectivity index (χ0) is 21.8. The zero-order valence-corrected chi connectivity index (χ0v) is 21.4. The Balaban J connectivity index is 4.18. The van der Waals surface area contributed by atoms with Gasteiger partial charge in [-0.25, -0.2) is 0 Å². The molecule has 0 bridgehead atoms. The molecule has 0 amide bonds. The molecule has 0 aromatic carbocycles. The minimum Gasteiger partial charge on any atom is -0.432 e. The first kappa shape index (κ1) is 27.1. The van der Waals surface area contributed by atoms with Gasteiger partial charge in [-0.15, -0.1) is 0 Å². The molecule has 28 heavy (non-hydrogen) atoms. The highest BCUT2D eigenvalue weighted by Crippen LogP contribution is 2.39. The standard InChI is InChI=1S/C26H48OSi/c1-22(2)14-10-15-23(3)16-11-17-24(4)18-12-19-25(5)20-13-21-26(6,7)28(8,9)27/h14,16,18,20,27H,10-13,15,17,19,21H2,1-9H3/b23-16+,24-18+,25-20-. The molecule has 0 spiro atoms. The molecule has 0 saturated heterocycles. The van der Waals surface area contributed by atoms with Crippen molar-refractivity contribution in [3.8, 4) is 0 Å². The van der Waals surface area contributed by atoms with Gasteiger partial charge in [0, 0.05) is 0 Å². The molecule has 0 aromatic rings. The maximum atomic E-state index is 10.4. The van der Waals surface area contributed by atoms with Gasteiger partial charge in [0.05, 0.1) is 0 Å². The van der Waals surface area contributed by atoms with E-state index < -0.39 is 8.32 Å².